The van der Waals surface area contributed by atoms with Crippen LogP contribution in [0.3, 0.4) is 0 Å². The summed E-state index contributed by atoms with van der Waals surface area (Å²) in [5, 5.41) is 17.9. The van der Waals surface area contributed by atoms with Crippen LogP contribution in [0.5, 0.6) is 0 Å². The van der Waals surface area contributed by atoms with E-state index in [0.717, 1.165) is 32.4 Å². The van der Waals surface area contributed by atoms with E-state index in [1.54, 1.807) is 0 Å². The average molecular weight is 425 g/mol. The number of piperidine rings is 1. The maximum atomic E-state index is 13.6. The molecule has 2 fully saturated rings. The minimum atomic E-state index is -3.17. The van der Waals surface area contributed by atoms with Gasteiger partial charge in [0.15, 0.2) is 5.60 Å². The van der Waals surface area contributed by atoms with Gasteiger partial charge < -0.3 is 15.5 Å². The molecule has 2 N–H and O–H groups in total. The van der Waals surface area contributed by atoms with E-state index in [1.165, 1.54) is 0 Å². The number of likely N-dealkylation sites (tertiary alicyclic amines) is 1. The molecular weight excluding hydrogens is 396 g/mol. The summed E-state index contributed by atoms with van der Waals surface area (Å²) in [4.78, 5) is 33.1. The van der Waals surface area contributed by atoms with Gasteiger partial charge in [-0.3, -0.25) is 14.5 Å². The third-order valence-corrected chi connectivity index (χ3v) is 5.77. The molecule has 1 saturated heterocycles. The van der Waals surface area contributed by atoms with Crippen LogP contribution in [0, 0.1) is 11.3 Å². The molecule has 1 saturated carbocycles. The molecular formula is C20H29F2N5O3. The fraction of sp³-hybridized carbons (Fsp3) is 0.800. The number of nitrogens with one attached hydrogen (secondary N) is 2. The molecule has 3 aliphatic rings. The summed E-state index contributed by atoms with van der Waals surface area (Å²) in [5.41, 5.74) is -1.48. The Morgan fingerprint density at radius 1 is 1.40 bits per heavy atom. The Kier molecular flexibility index (Phi) is 6.32. The predicted octanol–water partition coefficient (Wildman–Crippen LogP) is 1.71. The van der Waals surface area contributed by atoms with Gasteiger partial charge in [0.25, 0.3) is 5.91 Å². The molecule has 2 aliphatic heterocycles. The monoisotopic (exact) mass is 425 g/mol. The van der Waals surface area contributed by atoms with Crippen molar-refractivity contribution >= 4 is 17.5 Å². The molecule has 0 aromatic carbocycles. The average Bonchev–Trinajstić information content (AvgIpc) is 3.33. The lowest BCUT2D eigenvalue weighted by Gasteiger charge is -2.38. The number of carbonyl (C=O) groups excluding carboxylic acids is 2. The summed E-state index contributed by atoms with van der Waals surface area (Å²) in [6, 6.07) is 0.515. The van der Waals surface area contributed by atoms with Gasteiger partial charge in [0, 0.05) is 19.4 Å². The molecule has 3 rings (SSSR count). The van der Waals surface area contributed by atoms with Crippen LogP contribution in [0.2, 0.25) is 0 Å². The first-order valence-corrected chi connectivity index (χ1v) is 10.5. The van der Waals surface area contributed by atoms with Gasteiger partial charge in [0.1, 0.15) is 17.3 Å². The van der Waals surface area contributed by atoms with Gasteiger partial charge in [-0.25, -0.2) is 8.78 Å². The van der Waals surface area contributed by atoms with Crippen molar-refractivity contribution in [3.05, 3.63) is 0 Å². The summed E-state index contributed by atoms with van der Waals surface area (Å²) in [7, 11) is 0. The van der Waals surface area contributed by atoms with Crippen molar-refractivity contribution in [2.75, 3.05) is 19.6 Å². The van der Waals surface area contributed by atoms with E-state index < -0.39 is 41.3 Å². The first-order chi connectivity index (χ1) is 14.1. The van der Waals surface area contributed by atoms with Crippen molar-refractivity contribution in [1.29, 1.82) is 5.26 Å². The maximum absolute atomic E-state index is 13.6. The Morgan fingerprint density at radius 2 is 2.13 bits per heavy atom. The van der Waals surface area contributed by atoms with Crippen LogP contribution in [0.4, 0.5) is 8.78 Å². The van der Waals surface area contributed by atoms with E-state index in [9.17, 15) is 18.4 Å². The SMILES string of the molecule is CCCN1CCCC2(CC(C(=O)NC(CC(C)(F)F)C(=O)NC3(C#N)CC3)=NO2)C1. The van der Waals surface area contributed by atoms with Crippen molar-refractivity contribution in [2.24, 2.45) is 5.16 Å². The lowest BCUT2D eigenvalue weighted by Crippen LogP contribution is -2.53. The molecule has 2 amide bonds. The number of alkyl halides is 2. The Balaban J connectivity index is 1.63. The molecule has 10 heteroatoms. The molecule has 1 spiro atoms. The van der Waals surface area contributed by atoms with Crippen molar-refractivity contribution in [3.63, 3.8) is 0 Å². The number of hydrogen-bond donors (Lipinski definition) is 2. The van der Waals surface area contributed by atoms with Crippen LogP contribution in [-0.2, 0) is 14.4 Å². The molecule has 2 heterocycles. The van der Waals surface area contributed by atoms with Crippen LogP contribution < -0.4 is 10.6 Å². The molecule has 1 aliphatic carbocycles. The molecule has 166 valence electrons. The number of carbonyl (C=O) groups is 2. The number of nitrogens with zero attached hydrogens (tertiary/aromatic N) is 3. The Morgan fingerprint density at radius 3 is 2.73 bits per heavy atom. The Bertz CT molecular complexity index is 755. The van der Waals surface area contributed by atoms with Gasteiger partial charge in [-0.15, -0.1) is 0 Å². The molecule has 30 heavy (non-hydrogen) atoms. The standard InChI is InChI=1S/C20H29F2N5O3/c1-3-8-27-9-4-5-20(13-27)11-15(26-30-20)16(28)24-14(10-18(2,21)22)17(29)25-19(12-23)6-7-19/h14H,3-11,13H2,1-2H3,(H,24,28)(H,25,29). The second-order valence-electron chi connectivity index (χ2n) is 8.85. The molecule has 0 bridgehead atoms. The van der Waals surface area contributed by atoms with Crippen LogP contribution in [0.15, 0.2) is 5.16 Å². The van der Waals surface area contributed by atoms with Crippen LogP contribution in [0.25, 0.3) is 0 Å². The molecule has 2 atom stereocenters. The highest BCUT2D eigenvalue weighted by molar-refractivity contribution is 6.39. The summed E-state index contributed by atoms with van der Waals surface area (Å²) >= 11 is 0. The quantitative estimate of drug-likeness (QED) is 0.616. The minimum absolute atomic E-state index is 0.104. The van der Waals surface area contributed by atoms with E-state index in [2.05, 4.69) is 27.6 Å². The van der Waals surface area contributed by atoms with Gasteiger partial charge in [-0.2, -0.15) is 5.26 Å². The fourth-order valence-electron chi connectivity index (χ4n) is 4.08. The van der Waals surface area contributed by atoms with Gasteiger partial charge in [0.05, 0.1) is 6.07 Å². The predicted molar refractivity (Wildman–Crippen MR) is 105 cm³/mol. The largest absolute Gasteiger partial charge is 0.387 e. The van der Waals surface area contributed by atoms with Crippen molar-refractivity contribution in [3.8, 4) is 6.07 Å². The van der Waals surface area contributed by atoms with E-state index in [0.29, 0.717) is 26.3 Å². The van der Waals surface area contributed by atoms with Crippen LogP contribution in [0.1, 0.15) is 58.8 Å². The highest BCUT2D eigenvalue weighted by Crippen LogP contribution is 2.35. The summed E-state index contributed by atoms with van der Waals surface area (Å²) < 4.78 is 27.3. The maximum Gasteiger partial charge on any atom is 0.269 e. The Labute approximate surface area is 175 Å². The number of oxime groups is 1. The summed E-state index contributed by atoms with van der Waals surface area (Å²) in [6.45, 7) is 5.34. The molecule has 0 radical (unpaired) electrons. The first-order valence-electron chi connectivity index (χ1n) is 10.5. The van der Waals surface area contributed by atoms with E-state index in [-0.39, 0.29) is 12.1 Å². The Hall–Kier alpha value is -2.28. The number of nitriles is 1. The summed E-state index contributed by atoms with van der Waals surface area (Å²) in [6.07, 6.45) is 3.04. The van der Waals surface area contributed by atoms with Gasteiger partial charge in [0.2, 0.25) is 11.8 Å². The highest BCUT2D eigenvalue weighted by Gasteiger charge is 2.48. The number of rotatable bonds is 8. The minimum Gasteiger partial charge on any atom is -0.387 e. The van der Waals surface area contributed by atoms with E-state index in [1.807, 2.05) is 6.07 Å². The number of hydrogen-bond acceptors (Lipinski definition) is 6. The van der Waals surface area contributed by atoms with Gasteiger partial charge in [-0.05, 0) is 52.1 Å². The van der Waals surface area contributed by atoms with E-state index >= 15 is 0 Å². The molecule has 8 nitrogen and oxygen atoms in total. The smallest absolute Gasteiger partial charge is 0.269 e. The third kappa shape index (κ3) is 5.45. The van der Waals surface area contributed by atoms with E-state index in [4.69, 9.17) is 10.1 Å². The molecule has 2 unspecified atom stereocenters. The lowest BCUT2D eigenvalue weighted by molar-refractivity contribution is -0.129. The van der Waals surface area contributed by atoms with Gasteiger partial charge in [-0.1, -0.05) is 12.1 Å². The highest BCUT2D eigenvalue weighted by atomic mass is 19.3. The number of halogens is 2. The zero-order valence-electron chi connectivity index (χ0n) is 17.5. The van der Waals surface area contributed by atoms with Crippen LogP contribution >= 0.6 is 0 Å². The van der Waals surface area contributed by atoms with Crippen molar-refractivity contribution < 1.29 is 23.2 Å². The topological polar surface area (TPSA) is 107 Å². The van der Waals surface area contributed by atoms with Crippen molar-refractivity contribution in [2.45, 2.75) is 81.9 Å². The second kappa shape index (κ2) is 8.46. The summed E-state index contributed by atoms with van der Waals surface area (Å²) in [5.74, 6) is -4.65. The van der Waals surface area contributed by atoms with Crippen LogP contribution in [-0.4, -0.2) is 65.2 Å². The third-order valence-electron chi connectivity index (χ3n) is 5.77. The zero-order chi connectivity index (χ0) is 22.0. The number of amides is 2. The zero-order valence-corrected chi connectivity index (χ0v) is 17.5. The fourth-order valence-corrected chi connectivity index (χ4v) is 4.08. The molecule has 0 aromatic heterocycles. The normalized spacial score (nSPS) is 26.3. The lowest BCUT2D eigenvalue weighted by atomic mass is 9.88. The van der Waals surface area contributed by atoms with Gasteiger partial charge >= 0.3 is 0 Å². The second-order valence-corrected chi connectivity index (χ2v) is 8.85. The first kappa shape index (κ1) is 22.4. The van der Waals surface area contributed by atoms with Crippen molar-refractivity contribution in [1.82, 2.24) is 15.5 Å². The molecule has 0 aromatic rings.